The third-order valence-electron chi connectivity index (χ3n) is 8.79. The van der Waals surface area contributed by atoms with Crippen LogP contribution in [0, 0.1) is 0 Å². The van der Waals surface area contributed by atoms with E-state index in [1.165, 1.54) is 0 Å². The summed E-state index contributed by atoms with van der Waals surface area (Å²) in [4.78, 5) is 20.7. The maximum atomic E-state index is 15.7. The first-order valence-corrected chi connectivity index (χ1v) is 14.9. The SMILES string of the molecule is CN(C)CCN1CCn2c(c([C@H]3CCCC[C@@H]3F)c3ccc(C(=O)O)cc32)-c2ccc(OCc3ccncc3)cc2C1. The Hall–Kier alpha value is -3.75. The van der Waals surface area contributed by atoms with Crippen LogP contribution in [0.25, 0.3) is 22.2 Å². The fourth-order valence-corrected chi connectivity index (χ4v) is 6.58. The summed E-state index contributed by atoms with van der Waals surface area (Å²) in [7, 11) is 4.16. The monoisotopic (exact) mass is 570 g/mol. The largest absolute Gasteiger partial charge is 0.489 e. The van der Waals surface area contributed by atoms with Crippen LogP contribution < -0.4 is 4.74 Å². The van der Waals surface area contributed by atoms with Gasteiger partial charge in [0.2, 0.25) is 0 Å². The molecule has 2 aromatic carbocycles. The number of aromatic carboxylic acids is 1. The zero-order valence-corrected chi connectivity index (χ0v) is 24.4. The Morgan fingerprint density at radius 2 is 1.88 bits per heavy atom. The summed E-state index contributed by atoms with van der Waals surface area (Å²) in [5.74, 6) is -0.380. The van der Waals surface area contributed by atoms with Crippen molar-refractivity contribution in [3.05, 3.63) is 83.2 Å². The van der Waals surface area contributed by atoms with E-state index in [2.05, 4.69) is 45.6 Å². The first kappa shape index (κ1) is 28.4. The molecular weight excluding hydrogens is 531 g/mol. The first-order valence-electron chi connectivity index (χ1n) is 14.9. The Labute approximate surface area is 246 Å². The minimum absolute atomic E-state index is 0.215. The van der Waals surface area contributed by atoms with Crippen LogP contribution in [-0.4, -0.2) is 70.3 Å². The number of aromatic nitrogens is 2. The molecule has 220 valence electrons. The number of likely N-dealkylation sites (N-methyl/N-ethyl adjacent to an activating group) is 1. The number of hydrogen-bond donors (Lipinski definition) is 1. The average molecular weight is 571 g/mol. The van der Waals surface area contributed by atoms with Gasteiger partial charge in [-0.25, -0.2) is 9.18 Å². The molecule has 1 fully saturated rings. The van der Waals surface area contributed by atoms with Crippen molar-refractivity contribution in [2.45, 2.75) is 57.5 Å². The molecule has 1 aliphatic heterocycles. The maximum absolute atomic E-state index is 15.7. The fourth-order valence-electron chi connectivity index (χ4n) is 6.58. The van der Waals surface area contributed by atoms with Crippen LogP contribution >= 0.6 is 0 Å². The van der Waals surface area contributed by atoms with Crippen molar-refractivity contribution in [3.63, 3.8) is 0 Å². The molecule has 4 aromatic rings. The zero-order valence-electron chi connectivity index (χ0n) is 24.4. The van der Waals surface area contributed by atoms with E-state index < -0.39 is 12.1 Å². The highest BCUT2D eigenvalue weighted by Crippen LogP contribution is 2.47. The summed E-state index contributed by atoms with van der Waals surface area (Å²) in [6, 6.07) is 15.5. The highest BCUT2D eigenvalue weighted by molar-refractivity contribution is 5.98. The molecule has 0 amide bonds. The van der Waals surface area contributed by atoms with E-state index in [0.717, 1.165) is 90.0 Å². The third kappa shape index (κ3) is 5.78. The molecule has 42 heavy (non-hydrogen) atoms. The quantitative estimate of drug-likeness (QED) is 0.266. The molecule has 0 radical (unpaired) electrons. The molecule has 1 saturated carbocycles. The molecule has 6 rings (SSSR count). The molecule has 7 nitrogen and oxygen atoms in total. The second-order valence-electron chi connectivity index (χ2n) is 11.9. The molecule has 8 heteroatoms. The minimum atomic E-state index is -0.954. The molecule has 2 aliphatic rings. The zero-order chi connectivity index (χ0) is 29.2. The Morgan fingerprint density at radius 1 is 1.07 bits per heavy atom. The summed E-state index contributed by atoms with van der Waals surface area (Å²) in [5.41, 5.74) is 6.44. The van der Waals surface area contributed by atoms with Gasteiger partial charge in [0.1, 0.15) is 18.5 Å². The standard InChI is InChI=1S/C34H39FN4O3/c1-37(2)15-16-38-17-18-39-31-20-24(34(40)41)7-9-29(31)32(28-5-3-4-6-30(28)35)33(39)27-10-8-26(19-25(27)21-38)42-22-23-11-13-36-14-12-23/h7-14,19-20,28,30H,3-6,15-18,21-22H2,1-2H3,(H,40,41)/t28-,30-/m0/s1. The number of halogens is 1. The van der Waals surface area contributed by atoms with E-state index in [-0.39, 0.29) is 11.5 Å². The lowest BCUT2D eigenvalue weighted by Gasteiger charge is -2.31. The normalized spacial score (nSPS) is 19.2. The maximum Gasteiger partial charge on any atom is 0.335 e. The van der Waals surface area contributed by atoms with Gasteiger partial charge in [-0.2, -0.15) is 0 Å². The predicted octanol–water partition coefficient (Wildman–Crippen LogP) is 6.35. The van der Waals surface area contributed by atoms with Gasteiger partial charge < -0.3 is 19.3 Å². The van der Waals surface area contributed by atoms with Gasteiger partial charge in [-0.1, -0.05) is 18.9 Å². The van der Waals surface area contributed by atoms with E-state index in [4.69, 9.17) is 4.74 Å². The Kier molecular flexibility index (Phi) is 8.27. The molecule has 0 saturated heterocycles. The lowest BCUT2D eigenvalue weighted by molar-refractivity contribution is 0.0697. The van der Waals surface area contributed by atoms with Crippen LogP contribution in [0.5, 0.6) is 5.75 Å². The smallest absolute Gasteiger partial charge is 0.335 e. The van der Waals surface area contributed by atoms with Crippen LogP contribution in [0.1, 0.15) is 58.6 Å². The van der Waals surface area contributed by atoms with E-state index >= 15 is 4.39 Å². The molecule has 2 atom stereocenters. The number of alkyl halides is 1. The second kappa shape index (κ2) is 12.2. The summed E-state index contributed by atoms with van der Waals surface area (Å²) >= 11 is 0. The Morgan fingerprint density at radius 3 is 2.64 bits per heavy atom. The number of carboxylic acids is 1. The van der Waals surface area contributed by atoms with Gasteiger partial charge in [0.15, 0.2) is 0 Å². The van der Waals surface area contributed by atoms with Crippen LogP contribution in [0.15, 0.2) is 60.9 Å². The van der Waals surface area contributed by atoms with Crippen molar-refractivity contribution >= 4 is 16.9 Å². The molecule has 0 unspecified atom stereocenters. The number of ether oxygens (including phenoxy) is 1. The molecule has 1 N–H and O–H groups in total. The van der Waals surface area contributed by atoms with Crippen molar-refractivity contribution in [1.82, 2.24) is 19.4 Å². The number of carbonyl (C=O) groups is 1. The van der Waals surface area contributed by atoms with Gasteiger partial charge in [0, 0.05) is 67.5 Å². The molecular formula is C34H39FN4O3. The van der Waals surface area contributed by atoms with Crippen LogP contribution in [0.2, 0.25) is 0 Å². The lowest BCUT2D eigenvalue weighted by Crippen LogP contribution is -2.35. The lowest BCUT2D eigenvalue weighted by atomic mass is 9.80. The fraction of sp³-hybridized carbons (Fsp3) is 0.412. The molecule has 3 heterocycles. The topological polar surface area (TPSA) is 70.8 Å². The van der Waals surface area contributed by atoms with E-state index in [1.807, 2.05) is 24.3 Å². The van der Waals surface area contributed by atoms with Crippen molar-refractivity contribution in [3.8, 4) is 17.0 Å². The molecule has 0 bridgehead atoms. The number of carboxylic acid groups (broad SMARTS) is 1. The number of hydrogen-bond acceptors (Lipinski definition) is 5. The minimum Gasteiger partial charge on any atom is -0.489 e. The highest BCUT2D eigenvalue weighted by atomic mass is 19.1. The van der Waals surface area contributed by atoms with Crippen LogP contribution in [0.3, 0.4) is 0 Å². The van der Waals surface area contributed by atoms with Gasteiger partial charge in [-0.05, 0) is 86.1 Å². The summed E-state index contributed by atoms with van der Waals surface area (Å²) < 4.78 is 24.2. The second-order valence-corrected chi connectivity index (χ2v) is 11.9. The number of fused-ring (bicyclic) bond motifs is 5. The Balaban J connectivity index is 1.50. The van der Waals surface area contributed by atoms with Gasteiger partial charge in [-0.15, -0.1) is 0 Å². The number of pyridine rings is 1. The number of rotatable bonds is 8. The molecule has 2 aromatic heterocycles. The van der Waals surface area contributed by atoms with E-state index in [0.29, 0.717) is 19.6 Å². The molecule has 0 spiro atoms. The predicted molar refractivity (Wildman–Crippen MR) is 163 cm³/mol. The van der Waals surface area contributed by atoms with Crippen molar-refractivity contribution in [1.29, 1.82) is 0 Å². The van der Waals surface area contributed by atoms with Crippen molar-refractivity contribution in [2.75, 3.05) is 33.7 Å². The average Bonchev–Trinajstić information content (AvgIpc) is 3.29. The summed E-state index contributed by atoms with van der Waals surface area (Å²) in [5, 5.41) is 10.8. The van der Waals surface area contributed by atoms with E-state index in [9.17, 15) is 9.90 Å². The van der Waals surface area contributed by atoms with Crippen LogP contribution in [0.4, 0.5) is 4.39 Å². The van der Waals surface area contributed by atoms with Crippen molar-refractivity contribution in [2.24, 2.45) is 0 Å². The number of benzene rings is 2. The van der Waals surface area contributed by atoms with Gasteiger partial charge in [-0.3, -0.25) is 9.88 Å². The van der Waals surface area contributed by atoms with Crippen LogP contribution in [-0.2, 0) is 19.7 Å². The first-order chi connectivity index (χ1) is 20.4. The van der Waals surface area contributed by atoms with Gasteiger partial charge >= 0.3 is 5.97 Å². The van der Waals surface area contributed by atoms with E-state index in [1.54, 1.807) is 24.5 Å². The van der Waals surface area contributed by atoms with Crippen molar-refractivity contribution < 1.29 is 19.0 Å². The third-order valence-corrected chi connectivity index (χ3v) is 8.79. The summed E-state index contributed by atoms with van der Waals surface area (Å²) in [6.07, 6.45) is 5.88. The molecule has 1 aliphatic carbocycles. The number of nitrogens with zero attached hydrogens (tertiary/aromatic N) is 4. The van der Waals surface area contributed by atoms with Gasteiger partial charge in [0.25, 0.3) is 0 Å². The van der Waals surface area contributed by atoms with Gasteiger partial charge in [0.05, 0.1) is 11.3 Å². The summed E-state index contributed by atoms with van der Waals surface area (Å²) in [6.45, 7) is 4.51. The Bertz CT molecular complexity index is 1570. The highest BCUT2D eigenvalue weighted by Gasteiger charge is 2.34.